The van der Waals surface area contributed by atoms with Gasteiger partial charge in [-0.05, 0) is 74.8 Å². The Morgan fingerprint density at radius 3 is 2.31 bits per heavy atom. The van der Waals surface area contributed by atoms with E-state index in [2.05, 4.69) is 22.3 Å². The molecule has 0 bridgehead atoms. The molecule has 1 saturated heterocycles. The molecule has 1 aliphatic rings. The Balaban J connectivity index is 1.37. The van der Waals surface area contributed by atoms with Gasteiger partial charge in [0, 0.05) is 31.0 Å². The summed E-state index contributed by atoms with van der Waals surface area (Å²) in [6.45, 7) is 3.73. The lowest BCUT2D eigenvalue weighted by Gasteiger charge is -2.28. The minimum absolute atomic E-state index is 0.0253. The van der Waals surface area contributed by atoms with Crippen LogP contribution in [0.2, 0.25) is 0 Å². The molecule has 2 aromatic rings. The van der Waals surface area contributed by atoms with Crippen molar-refractivity contribution in [3.8, 4) is 11.5 Å². The number of benzene rings is 2. The Kier molecular flexibility index (Phi) is 7.76. The number of hydrogen-bond acceptors (Lipinski definition) is 5. The van der Waals surface area contributed by atoms with Gasteiger partial charge in [-0.3, -0.25) is 9.69 Å². The topological polar surface area (TPSA) is 54.0 Å². The lowest BCUT2D eigenvalue weighted by molar-refractivity contribution is -0.117. The Hall–Kier alpha value is -2.73. The molecule has 0 aromatic heterocycles. The number of carbonyl (C=O) groups is 1. The summed E-state index contributed by atoms with van der Waals surface area (Å²) in [6.07, 6.45) is 3.84. The van der Waals surface area contributed by atoms with E-state index in [0.29, 0.717) is 19.7 Å². The smallest absolute Gasteiger partial charge is 0.238 e. The first-order valence-corrected chi connectivity index (χ1v) is 10.2. The number of hydrogen-bond donors (Lipinski definition) is 1. The monoisotopic (exact) mass is 397 g/mol. The van der Waals surface area contributed by atoms with Crippen LogP contribution in [0.5, 0.6) is 11.5 Å². The first kappa shape index (κ1) is 21.0. The minimum atomic E-state index is -0.0253. The van der Waals surface area contributed by atoms with E-state index in [9.17, 15) is 4.79 Å². The van der Waals surface area contributed by atoms with Gasteiger partial charge in [-0.15, -0.1) is 0 Å². The van der Waals surface area contributed by atoms with Crippen molar-refractivity contribution in [2.24, 2.45) is 0 Å². The van der Waals surface area contributed by atoms with Crippen LogP contribution in [0.1, 0.15) is 19.3 Å². The van der Waals surface area contributed by atoms with E-state index < -0.39 is 0 Å². The third kappa shape index (κ3) is 6.68. The molecule has 0 spiro atoms. The van der Waals surface area contributed by atoms with Crippen LogP contribution in [0.25, 0.3) is 0 Å². The maximum Gasteiger partial charge on any atom is 0.238 e. The van der Waals surface area contributed by atoms with E-state index in [-0.39, 0.29) is 5.91 Å². The molecule has 0 atom stereocenters. The quantitative estimate of drug-likeness (QED) is 0.700. The summed E-state index contributed by atoms with van der Waals surface area (Å²) in [5.74, 6) is 1.57. The summed E-state index contributed by atoms with van der Waals surface area (Å²) in [7, 11) is 3.55. The summed E-state index contributed by atoms with van der Waals surface area (Å²) >= 11 is 0. The highest BCUT2D eigenvalue weighted by Crippen LogP contribution is 2.22. The highest BCUT2D eigenvalue weighted by molar-refractivity contribution is 5.92. The van der Waals surface area contributed by atoms with Gasteiger partial charge in [-0.25, -0.2) is 0 Å². The van der Waals surface area contributed by atoms with Gasteiger partial charge in [0.1, 0.15) is 18.1 Å². The van der Waals surface area contributed by atoms with Crippen LogP contribution >= 0.6 is 0 Å². The number of piperidine rings is 1. The summed E-state index contributed by atoms with van der Waals surface area (Å²) in [4.78, 5) is 16.6. The normalized spacial score (nSPS) is 14.0. The van der Waals surface area contributed by atoms with Crippen LogP contribution in [0.15, 0.2) is 48.5 Å². The number of methoxy groups -OCH3 is 1. The van der Waals surface area contributed by atoms with E-state index >= 15 is 0 Å². The maximum atomic E-state index is 12.3. The van der Waals surface area contributed by atoms with Gasteiger partial charge in [0.05, 0.1) is 13.7 Å². The zero-order valence-electron chi connectivity index (χ0n) is 17.4. The van der Waals surface area contributed by atoms with E-state index in [1.807, 2.05) is 48.3 Å². The number of nitrogens with zero attached hydrogens (tertiary/aromatic N) is 2. The standard InChI is InChI=1S/C23H31N3O3/c1-25(16-17-29-22-12-10-21(28-2)11-13-22)18-23(27)24-19-6-8-20(9-7-19)26-14-4-3-5-15-26/h6-13H,3-5,14-18H2,1-2H3,(H,24,27). The number of rotatable bonds is 9. The molecule has 2 aromatic carbocycles. The molecule has 1 heterocycles. The average molecular weight is 398 g/mol. The number of amides is 1. The lowest BCUT2D eigenvalue weighted by atomic mass is 10.1. The van der Waals surface area contributed by atoms with E-state index in [0.717, 1.165) is 30.3 Å². The molecule has 0 unspecified atom stereocenters. The summed E-state index contributed by atoms with van der Waals surface area (Å²) in [5, 5.41) is 2.97. The van der Waals surface area contributed by atoms with Crippen LogP contribution in [0.3, 0.4) is 0 Å². The Morgan fingerprint density at radius 2 is 1.66 bits per heavy atom. The molecule has 1 amide bonds. The fourth-order valence-electron chi connectivity index (χ4n) is 3.42. The third-order valence-corrected chi connectivity index (χ3v) is 5.09. The largest absolute Gasteiger partial charge is 0.497 e. The molecule has 0 aliphatic carbocycles. The highest BCUT2D eigenvalue weighted by atomic mass is 16.5. The number of carbonyl (C=O) groups excluding carboxylic acids is 1. The number of ether oxygens (including phenoxy) is 2. The molecule has 1 N–H and O–H groups in total. The van der Waals surface area contributed by atoms with Crippen molar-refractivity contribution in [3.05, 3.63) is 48.5 Å². The zero-order valence-corrected chi connectivity index (χ0v) is 17.4. The van der Waals surface area contributed by atoms with Crippen molar-refractivity contribution in [1.82, 2.24) is 4.90 Å². The van der Waals surface area contributed by atoms with Crippen LogP contribution in [0.4, 0.5) is 11.4 Å². The predicted octanol–water partition coefficient (Wildman–Crippen LogP) is 3.63. The Labute approximate surface area is 173 Å². The van der Waals surface area contributed by atoms with Gasteiger partial charge >= 0.3 is 0 Å². The van der Waals surface area contributed by atoms with E-state index in [1.165, 1.54) is 24.9 Å². The molecule has 3 rings (SSSR count). The van der Waals surface area contributed by atoms with Gasteiger partial charge < -0.3 is 19.7 Å². The maximum absolute atomic E-state index is 12.3. The van der Waals surface area contributed by atoms with Crippen molar-refractivity contribution in [2.75, 3.05) is 57.2 Å². The van der Waals surface area contributed by atoms with Crippen molar-refractivity contribution in [2.45, 2.75) is 19.3 Å². The average Bonchev–Trinajstić information content (AvgIpc) is 2.75. The highest BCUT2D eigenvalue weighted by Gasteiger charge is 2.11. The van der Waals surface area contributed by atoms with Gasteiger partial charge in [-0.2, -0.15) is 0 Å². The second kappa shape index (κ2) is 10.7. The van der Waals surface area contributed by atoms with Crippen LogP contribution in [0, 0.1) is 0 Å². The first-order valence-electron chi connectivity index (χ1n) is 10.2. The molecule has 0 radical (unpaired) electrons. The minimum Gasteiger partial charge on any atom is -0.497 e. The second-order valence-electron chi connectivity index (χ2n) is 7.40. The van der Waals surface area contributed by atoms with Gasteiger partial charge in [0.15, 0.2) is 0 Å². The molecule has 1 aliphatic heterocycles. The van der Waals surface area contributed by atoms with Crippen LogP contribution in [-0.2, 0) is 4.79 Å². The summed E-state index contributed by atoms with van der Waals surface area (Å²) < 4.78 is 10.8. The van der Waals surface area contributed by atoms with E-state index in [4.69, 9.17) is 9.47 Å². The summed E-state index contributed by atoms with van der Waals surface area (Å²) in [5.41, 5.74) is 2.06. The molecule has 6 nitrogen and oxygen atoms in total. The molecule has 156 valence electrons. The van der Waals surface area contributed by atoms with E-state index in [1.54, 1.807) is 7.11 Å². The number of anilines is 2. The number of likely N-dealkylation sites (N-methyl/N-ethyl adjacent to an activating group) is 1. The Bertz CT molecular complexity index is 756. The molecular formula is C23H31N3O3. The molecule has 6 heteroatoms. The van der Waals surface area contributed by atoms with Crippen LogP contribution < -0.4 is 19.7 Å². The Morgan fingerprint density at radius 1 is 1.00 bits per heavy atom. The zero-order chi connectivity index (χ0) is 20.5. The van der Waals surface area contributed by atoms with Crippen molar-refractivity contribution < 1.29 is 14.3 Å². The lowest BCUT2D eigenvalue weighted by Crippen LogP contribution is -2.33. The van der Waals surface area contributed by atoms with Gasteiger partial charge in [0.25, 0.3) is 0 Å². The molecule has 0 saturated carbocycles. The molecule has 1 fully saturated rings. The van der Waals surface area contributed by atoms with Gasteiger partial charge in [-0.1, -0.05) is 0 Å². The van der Waals surface area contributed by atoms with Gasteiger partial charge in [0.2, 0.25) is 5.91 Å². The van der Waals surface area contributed by atoms with Crippen molar-refractivity contribution >= 4 is 17.3 Å². The molecular weight excluding hydrogens is 366 g/mol. The second-order valence-corrected chi connectivity index (χ2v) is 7.40. The van der Waals surface area contributed by atoms with Crippen molar-refractivity contribution in [3.63, 3.8) is 0 Å². The molecule has 29 heavy (non-hydrogen) atoms. The predicted molar refractivity (Wildman–Crippen MR) is 117 cm³/mol. The first-order chi connectivity index (χ1) is 14.1. The fourth-order valence-corrected chi connectivity index (χ4v) is 3.42. The SMILES string of the molecule is COc1ccc(OCCN(C)CC(=O)Nc2ccc(N3CCCCC3)cc2)cc1. The fraction of sp³-hybridized carbons (Fsp3) is 0.435. The summed E-state index contributed by atoms with van der Waals surface area (Å²) in [6, 6.07) is 15.6. The van der Waals surface area contributed by atoms with Crippen molar-refractivity contribution in [1.29, 1.82) is 0 Å². The number of nitrogens with one attached hydrogen (secondary N) is 1. The van der Waals surface area contributed by atoms with Crippen LogP contribution in [-0.4, -0.2) is 57.8 Å². The third-order valence-electron chi connectivity index (χ3n) is 5.09.